The van der Waals surface area contributed by atoms with Crippen LogP contribution in [0.1, 0.15) is 18.5 Å². The van der Waals surface area contributed by atoms with Gasteiger partial charge in [-0.1, -0.05) is 59.6 Å². The number of nitrogens with two attached hydrogens (primary N) is 1. The van der Waals surface area contributed by atoms with Crippen molar-refractivity contribution in [3.63, 3.8) is 0 Å². The first-order chi connectivity index (χ1) is 19.2. The van der Waals surface area contributed by atoms with Gasteiger partial charge in [0.2, 0.25) is 11.8 Å². The molecule has 4 rings (SSSR count). The van der Waals surface area contributed by atoms with Crippen molar-refractivity contribution < 1.29 is 14.3 Å². The van der Waals surface area contributed by atoms with Gasteiger partial charge < -0.3 is 25.6 Å². The van der Waals surface area contributed by atoms with Gasteiger partial charge in [0, 0.05) is 45.0 Å². The number of hydrogen-bond acceptors (Lipinski definition) is 6. The van der Waals surface area contributed by atoms with E-state index in [-0.39, 0.29) is 31.1 Å². The van der Waals surface area contributed by atoms with E-state index in [0.29, 0.717) is 29.8 Å². The number of rotatable bonds is 10. The van der Waals surface area contributed by atoms with Crippen molar-refractivity contribution in [1.82, 2.24) is 9.80 Å². The van der Waals surface area contributed by atoms with Gasteiger partial charge >= 0.3 is 0 Å². The van der Waals surface area contributed by atoms with Gasteiger partial charge in [0.1, 0.15) is 0 Å². The van der Waals surface area contributed by atoms with E-state index in [0.717, 1.165) is 41.2 Å². The second-order valence-corrected chi connectivity index (χ2v) is 10.6. The minimum atomic E-state index is -0.171. The molecule has 1 unspecified atom stereocenters. The van der Waals surface area contributed by atoms with Crippen molar-refractivity contribution in [3.05, 3.63) is 82.3 Å². The molecule has 3 aromatic carbocycles. The number of carbonyl (C=O) groups is 2. The molecule has 1 saturated heterocycles. The van der Waals surface area contributed by atoms with Crippen LogP contribution in [0.4, 0.5) is 11.4 Å². The number of benzene rings is 3. The highest BCUT2D eigenvalue weighted by atomic mass is 35.5. The Balaban J connectivity index is 1.53. The Hall–Kier alpha value is -3.14. The van der Waals surface area contributed by atoms with Crippen LogP contribution in [-0.4, -0.2) is 74.7 Å². The number of likely N-dealkylation sites (N-methyl/N-ethyl adjacent to an activating group) is 1. The fourth-order valence-electron chi connectivity index (χ4n) is 4.72. The first kappa shape index (κ1) is 29.8. The number of morpholine rings is 1. The fraction of sp³-hybridized carbons (Fsp3) is 0.333. The summed E-state index contributed by atoms with van der Waals surface area (Å²) in [5.74, 6) is -0.166. The first-order valence-electron chi connectivity index (χ1n) is 13.2. The van der Waals surface area contributed by atoms with E-state index < -0.39 is 0 Å². The van der Waals surface area contributed by atoms with Crippen LogP contribution >= 0.6 is 23.2 Å². The number of hydrogen-bond donors (Lipinski definition) is 2. The van der Waals surface area contributed by atoms with E-state index in [1.807, 2.05) is 31.3 Å². The SMILES string of the molecule is CC(=O)Nc1ccc(-c2ccc(C(CN3CCOCC3)N(C)C(=O)CN(CN)c3ccc(Cl)c(Cl)c3)cc2)cc1. The van der Waals surface area contributed by atoms with E-state index in [2.05, 4.69) is 34.5 Å². The summed E-state index contributed by atoms with van der Waals surface area (Å²) in [5, 5.41) is 3.65. The van der Waals surface area contributed by atoms with Crippen LogP contribution in [0, 0.1) is 0 Å². The summed E-state index contributed by atoms with van der Waals surface area (Å²) >= 11 is 12.3. The minimum Gasteiger partial charge on any atom is -0.379 e. The number of nitrogens with zero attached hydrogens (tertiary/aromatic N) is 3. The topological polar surface area (TPSA) is 91.1 Å². The maximum Gasteiger partial charge on any atom is 0.242 e. The van der Waals surface area contributed by atoms with Gasteiger partial charge in [0.25, 0.3) is 0 Å². The fourth-order valence-corrected chi connectivity index (χ4v) is 5.01. The van der Waals surface area contributed by atoms with Crippen LogP contribution in [-0.2, 0) is 14.3 Å². The molecule has 40 heavy (non-hydrogen) atoms. The van der Waals surface area contributed by atoms with Gasteiger partial charge in [0.15, 0.2) is 0 Å². The van der Waals surface area contributed by atoms with Crippen molar-refractivity contribution in [2.75, 3.05) is 63.3 Å². The van der Waals surface area contributed by atoms with Crippen molar-refractivity contribution >= 4 is 46.4 Å². The molecular formula is C30H35Cl2N5O3. The molecule has 0 bridgehead atoms. The molecule has 2 amide bonds. The molecule has 1 heterocycles. The number of ether oxygens (including phenoxy) is 1. The molecule has 0 aromatic heterocycles. The molecule has 1 fully saturated rings. The van der Waals surface area contributed by atoms with Gasteiger partial charge in [0.05, 0.1) is 42.5 Å². The summed E-state index contributed by atoms with van der Waals surface area (Å²) in [4.78, 5) is 30.8. The number of amides is 2. The van der Waals surface area contributed by atoms with Gasteiger partial charge in [-0.3, -0.25) is 14.5 Å². The van der Waals surface area contributed by atoms with E-state index >= 15 is 0 Å². The lowest BCUT2D eigenvalue weighted by Crippen LogP contribution is -2.47. The first-order valence-corrected chi connectivity index (χ1v) is 13.9. The van der Waals surface area contributed by atoms with E-state index in [1.54, 1.807) is 28.0 Å². The molecule has 0 radical (unpaired) electrons. The standard InChI is InChI=1S/C30H35Cl2N5O3/c1-21(38)34-25-9-7-23(8-10-25)22-3-5-24(6-4-22)29(18-36-13-15-40-16-14-36)35(2)30(39)19-37(20-33)26-11-12-27(31)28(32)17-26/h3-12,17,29H,13-16,18-20,33H2,1-2H3,(H,34,38). The van der Waals surface area contributed by atoms with Gasteiger partial charge in [-0.2, -0.15) is 0 Å². The Morgan fingerprint density at radius 1 is 0.975 bits per heavy atom. The summed E-state index contributed by atoms with van der Waals surface area (Å²) in [6.45, 7) is 5.41. The maximum absolute atomic E-state index is 13.6. The van der Waals surface area contributed by atoms with Crippen LogP contribution in [0.2, 0.25) is 10.0 Å². The summed E-state index contributed by atoms with van der Waals surface area (Å²) < 4.78 is 5.54. The van der Waals surface area contributed by atoms with Gasteiger partial charge in [-0.25, -0.2) is 0 Å². The lowest BCUT2D eigenvalue weighted by molar-refractivity contribution is -0.131. The molecule has 8 nitrogen and oxygen atoms in total. The Morgan fingerprint density at radius 3 is 2.17 bits per heavy atom. The Kier molecular flexibility index (Phi) is 10.4. The molecule has 10 heteroatoms. The van der Waals surface area contributed by atoms with Crippen LogP contribution in [0.5, 0.6) is 0 Å². The highest BCUT2D eigenvalue weighted by Crippen LogP contribution is 2.29. The second-order valence-electron chi connectivity index (χ2n) is 9.79. The Bertz CT molecular complexity index is 1300. The monoisotopic (exact) mass is 583 g/mol. The number of anilines is 2. The molecular weight excluding hydrogens is 549 g/mol. The average Bonchev–Trinajstić information content (AvgIpc) is 2.96. The predicted molar refractivity (Wildman–Crippen MR) is 162 cm³/mol. The van der Waals surface area contributed by atoms with Crippen molar-refractivity contribution in [2.45, 2.75) is 13.0 Å². The lowest BCUT2D eigenvalue weighted by Gasteiger charge is -2.36. The van der Waals surface area contributed by atoms with E-state index in [9.17, 15) is 9.59 Å². The van der Waals surface area contributed by atoms with Crippen LogP contribution < -0.4 is 16.0 Å². The summed E-state index contributed by atoms with van der Waals surface area (Å²) in [7, 11) is 1.84. The van der Waals surface area contributed by atoms with E-state index in [4.69, 9.17) is 33.7 Å². The third-order valence-electron chi connectivity index (χ3n) is 7.04. The zero-order valence-electron chi connectivity index (χ0n) is 22.8. The molecule has 212 valence electrons. The van der Waals surface area contributed by atoms with Crippen molar-refractivity contribution in [2.24, 2.45) is 5.73 Å². The third-order valence-corrected chi connectivity index (χ3v) is 7.78. The highest BCUT2D eigenvalue weighted by molar-refractivity contribution is 6.42. The van der Waals surface area contributed by atoms with Gasteiger partial charge in [-0.05, 0) is 47.0 Å². The second kappa shape index (κ2) is 14.0. The van der Waals surface area contributed by atoms with Gasteiger partial charge in [-0.15, -0.1) is 0 Å². The number of nitrogens with one attached hydrogen (secondary N) is 1. The Morgan fingerprint density at radius 2 is 1.60 bits per heavy atom. The smallest absolute Gasteiger partial charge is 0.242 e. The summed E-state index contributed by atoms with van der Waals surface area (Å²) in [6, 6.07) is 21.1. The third kappa shape index (κ3) is 7.74. The normalized spacial score (nSPS) is 14.4. The number of carbonyl (C=O) groups excluding carboxylic acids is 2. The lowest BCUT2D eigenvalue weighted by atomic mass is 9.99. The zero-order valence-corrected chi connectivity index (χ0v) is 24.3. The van der Waals surface area contributed by atoms with Crippen LogP contribution in [0.3, 0.4) is 0 Å². The molecule has 0 saturated carbocycles. The Labute approximate surface area is 245 Å². The largest absolute Gasteiger partial charge is 0.379 e. The molecule has 3 aromatic rings. The van der Waals surface area contributed by atoms with Crippen molar-refractivity contribution in [3.8, 4) is 11.1 Å². The van der Waals surface area contributed by atoms with Crippen LogP contribution in [0.25, 0.3) is 11.1 Å². The molecule has 1 aliphatic heterocycles. The zero-order chi connectivity index (χ0) is 28.6. The molecule has 0 spiro atoms. The molecule has 3 N–H and O–H groups in total. The molecule has 1 atom stereocenters. The maximum atomic E-state index is 13.6. The summed E-state index contributed by atoms with van der Waals surface area (Å²) in [5.41, 5.74) is 10.6. The number of halogens is 2. The molecule has 0 aliphatic carbocycles. The van der Waals surface area contributed by atoms with E-state index in [1.165, 1.54) is 6.92 Å². The minimum absolute atomic E-state index is 0.0626. The summed E-state index contributed by atoms with van der Waals surface area (Å²) in [6.07, 6.45) is 0. The molecule has 1 aliphatic rings. The predicted octanol–water partition coefficient (Wildman–Crippen LogP) is 4.87. The van der Waals surface area contributed by atoms with Crippen LogP contribution in [0.15, 0.2) is 66.7 Å². The quantitative estimate of drug-likeness (QED) is 0.331. The highest BCUT2D eigenvalue weighted by Gasteiger charge is 2.26. The van der Waals surface area contributed by atoms with Crippen molar-refractivity contribution in [1.29, 1.82) is 0 Å². The average molecular weight is 585 g/mol.